The largest absolute Gasteiger partial charge is 0.395 e. The molecular formula is C8H9F3. The van der Waals surface area contributed by atoms with Gasteiger partial charge < -0.3 is 0 Å². The van der Waals surface area contributed by atoms with E-state index >= 15 is 0 Å². The van der Waals surface area contributed by atoms with Crippen LogP contribution in [0.3, 0.4) is 0 Å². The number of halogens is 3. The number of allylic oxidation sites excluding steroid dienone is 4. The quantitative estimate of drug-likeness (QED) is 0.555. The summed E-state index contributed by atoms with van der Waals surface area (Å²) in [6.45, 7) is 1.19. The number of rotatable bonds is 1. The van der Waals surface area contributed by atoms with Crippen molar-refractivity contribution in [3.8, 4) is 0 Å². The SMILES string of the molecule is CC(C1=CC=CC1)C(F)(F)F. The molecule has 0 aromatic rings. The standard InChI is InChI=1S/C8H9F3/c1-6(8(9,10)11)7-4-2-3-5-7/h2-4,6H,5H2,1H3. The summed E-state index contributed by atoms with van der Waals surface area (Å²) in [6, 6.07) is 0. The lowest BCUT2D eigenvalue weighted by Gasteiger charge is -2.16. The average molecular weight is 162 g/mol. The predicted molar refractivity (Wildman–Crippen MR) is 37.1 cm³/mol. The van der Waals surface area contributed by atoms with Crippen LogP contribution >= 0.6 is 0 Å². The van der Waals surface area contributed by atoms with Gasteiger partial charge >= 0.3 is 6.18 Å². The summed E-state index contributed by atoms with van der Waals surface area (Å²) in [6.07, 6.45) is 1.30. The molecule has 0 saturated heterocycles. The molecule has 3 heteroatoms. The first-order chi connectivity index (χ1) is 5.02. The van der Waals surface area contributed by atoms with Crippen molar-refractivity contribution in [2.45, 2.75) is 19.5 Å². The minimum atomic E-state index is -4.09. The van der Waals surface area contributed by atoms with E-state index in [0.717, 1.165) is 0 Å². The third-order valence-corrected chi connectivity index (χ3v) is 1.85. The molecule has 0 N–H and O–H groups in total. The van der Waals surface area contributed by atoms with Crippen LogP contribution < -0.4 is 0 Å². The van der Waals surface area contributed by atoms with Gasteiger partial charge in [0, 0.05) is 0 Å². The Hall–Kier alpha value is -0.730. The molecule has 1 unspecified atom stereocenters. The van der Waals surface area contributed by atoms with Crippen LogP contribution in [-0.4, -0.2) is 6.18 Å². The molecular weight excluding hydrogens is 153 g/mol. The molecule has 0 fully saturated rings. The number of hydrogen-bond donors (Lipinski definition) is 0. The summed E-state index contributed by atoms with van der Waals surface area (Å²) in [5.74, 6) is -1.29. The Kier molecular flexibility index (Phi) is 2.07. The van der Waals surface area contributed by atoms with Crippen LogP contribution in [0, 0.1) is 5.92 Å². The highest BCUT2D eigenvalue weighted by Gasteiger charge is 2.37. The van der Waals surface area contributed by atoms with E-state index < -0.39 is 12.1 Å². The minimum Gasteiger partial charge on any atom is -0.170 e. The Balaban J connectivity index is 2.62. The first kappa shape index (κ1) is 8.37. The Morgan fingerprint density at radius 3 is 2.45 bits per heavy atom. The molecule has 0 radical (unpaired) electrons. The summed E-state index contributed by atoms with van der Waals surface area (Å²) < 4.78 is 36.1. The van der Waals surface area contributed by atoms with Crippen molar-refractivity contribution in [1.82, 2.24) is 0 Å². The number of alkyl halides is 3. The molecule has 1 atom stereocenters. The molecule has 62 valence electrons. The second-order valence-corrected chi connectivity index (χ2v) is 2.64. The van der Waals surface area contributed by atoms with Gasteiger partial charge in [-0.2, -0.15) is 13.2 Å². The topological polar surface area (TPSA) is 0 Å². The van der Waals surface area contributed by atoms with Gasteiger partial charge in [-0.15, -0.1) is 0 Å². The Labute approximate surface area is 63.4 Å². The van der Waals surface area contributed by atoms with Crippen molar-refractivity contribution in [1.29, 1.82) is 0 Å². The van der Waals surface area contributed by atoms with E-state index in [-0.39, 0.29) is 0 Å². The first-order valence-corrected chi connectivity index (χ1v) is 3.44. The molecule has 0 aromatic heterocycles. The predicted octanol–water partition coefficient (Wildman–Crippen LogP) is 3.07. The van der Waals surface area contributed by atoms with Gasteiger partial charge in [-0.1, -0.05) is 23.8 Å². The zero-order valence-corrected chi connectivity index (χ0v) is 6.15. The molecule has 0 aliphatic heterocycles. The van der Waals surface area contributed by atoms with E-state index in [4.69, 9.17) is 0 Å². The lowest BCUT2D eigenvalue weighted by Crippen LogP contribution is -2.21. The van der Waals surface area contributed by atoms with Gasteiger partial charge in [0.1, 0.15) is 0 Å². The van der Waals surface area contributed by atoms with Crippen LogP contribution in [-0.2, 0) is 0 Å². The van der Waals surface area contributed by atoms with E-state index in [1.54, 1.807) is 12.2 Å². The molecule has 1 aliphatic rings. The van der Waals surface area contributed by atoms with Crippen LogP contribution in [0.2, 0.25) is 0 Å². The molecule has 0 aromatic carbocycles. The van der Waals surface area contributed by atoms with Crippen LogP contribution in [0.25, 0.3) is 0 Å². The molecule has 0 nitrogen and oxygen atoms in total. The minimum absolute atomic E-state index is 0.445. The summed E-state index contributed by atoms with van der Waals surface area (Å²) in [7, 11) is 0. The van der Waals surface area contributed by atoms with Crippen LogP contribution in [0.4, 0.5) is 13.2 Å². The fourth-order valence-electron chi connectivity index (χ4n) is 0.995. The van der Waals surface area contributed by atoms with Gasteiger partial charge in [0.25, 0.3) is 0 Å². The molecule has 0 heterocycles. The van der Waals surface area contributed by atoms with Crippen LogP contribution in [0.1, 0.15) is 13.3 Å². The highest BCUT2D eigenvalue weighted by Crippen LogP contribution is 2.34. The maximum absolute atomic E-state index is 12.0. The van der Waals surface area contributed by atoms with Crippen molar-refractivity contribution in [3.05, 3.63) is 23.8 Å². The van der Waals surface area contributed by atoms with Gasteiger partial charge in [0.2, 0.25) is 0 Å². The highest BCUT2D eigenvalue weighted by molar-refractivity contribution is 5.25. The van der Waals surface area contributed by atoms with Crippen molar-refractivity contribution in [2.24, 2.45) is 5.92 Å². The molecule has 1 aliphatic carbocycles. The normalized spacial score (nSPS) is 20.2. The van der Waals surface area contributed by atoms with E-state index in [0.29, 0.717) is 12.0 Å². The lowest BCUT2D eigenvalue weighted by atomic mass is 10.0. The molecule has 0 amide bonds. The van der Waals surface area contributed by atoms with Crippen LogP contribution in [0.15, 0.2) is 23.8 Å². The summed E-state index contributed by atoms with van der Waals surface area (Å²) in [5.41, 5.74) is 0.456. The van der Waals surface area contributed by atoms with Gasteiger partial charge in [-0.3, -0.25) is 0 Å². The molecule has 1 rings (SSSR count). The van der Waals surface area contributed by atoms with Crippen molar-refractivity contribution in [3.63, 3.8) is 0 Å². The summed E-state index contributed by atoms with van der Waals surface area (Å²) in [5, 5.41) is 0. The van der Waals surface area contributed by atoms with Gasteiger partial charge in [0.05, 0.1) is 5.92 Å². The Morgan fingerprint density at radius 2 is 2.09 bits per heavy atom. The van der Waals surface area contributed by atoms with E-state index in [2.05, 4.69) is 0 Å². The first-order valence-electron chi connectivity index (χ1n) is 3.44. The van der Waals surface area contributed by atoms with Gasteiger partial charge in [0.15, 0.2) is 0 Å². The third-order valence-electron chi connectivity index (χ3n) is 1.85. The monoisotopic (exact) mass is 162 g/mol. The zero-order chi connectivity index (χ0) is 8.48. The second kappa shape index (κ2) is 2.72. The smallest absolute Gasteiger partial charge is 0.170 e. The lowest BCUT2D eigenvalue weighted by molar-refractivity contribution is -0.159. The highest BCUT2D eigenvalue weighted by atomic mass is 19.4. The average Bonchev–Trinajstić information content (AvgIpc) is 2.34. The van der Waals surface area contributed by atoms with Gasteiger partial charge in [-0.25, -0.2) is 0 Å². The maximum Gasteiger partial charge on any atom is 0.395 e. The van der Waals surface area contributed by atoms with Crippen molar-refractivity contribution >= 4 is 0 Å². The zero-order valence-electron chi connectivity index (χ0n) is 6.15. The Bertz CT molecular complexity index is 198. The molecule has 0 saturated carbocycles. The van der Waals surface area contributed by atoms with Gasteiger partial charge in [-0.05, 0) is 13.3 Å². The molecule has 0 spiro atoms. The van der Waals surface area contributed by atoms with E-state index in [9.17, 15) is 13.2 Å². The van der Waals surface area contributed by atoms with Crippen molar-refractivity contribution in [2.75, 3.05) is 0 Å². The molecule has 11 heavy (non-hydrogen) atoms. The number of hydrogen-bond acceptors (Lipinski definition) is 0. The molecule has 0 bridgehead atoms. The third kappa shape index (κ3) is 1.85. The van der Waals surface area contributed by atoms with E-state index in [1.807, 2.05) is 0 Å². The van der Waals surface area contributed by atoms with Crippen molar-refractivity contribution < 1.29 is 13.2 Å². The second-order valence-electron chi connectivity index (χ2n) is 2.64. The summed E-state index contributed by atoms with van der Waals surface area (Å²) in [4.78, 5) is 0. The van der Waals surface area contributed by atoms with Crippen LogP contribution in [0.5, 0.6) is 0 Å². The summed E-state index contributed by atoms with van der Waals surface area (Å²) >= 11 is 0. The van der Waals surface area contributed by atoms with E-state index in [1.165, 1.54) is 13.0 Å². The fraction of sp³-hybridized carbons (Fsp3) is 0.500. The maximum atomic E-state index is 12.0. The fourth-order valence-corrected chi connectivity index (χ4v) is 0.995. The Morgan fingerprint density at radius 1 is 1.45 bits per heavy atom.